The normalized spacial score (nSPS) is 13.7. The number of nitrogens with zero attached hydrogens (tertiary/aromatic N) is 2. The Morgan fingerprint density at radius 1 is 0.537 bits per heavy atom. The Morgan fingerprint density at radius 2 is 0.878 bits per heavy atom. The van der Waals surface area contributed by atoms with Crippen molar-refractivity contribution in [2.75, 3.05) is 39.3 Å². The maximum absolute atomic E-state index is 11.2. The molecule has 41 heavy (non-hydrogen) atoms. The first-order valence-electron chi connectivity index (χ1n) is 16.8. The van der Waals surface area contributed by atoms with E-state index in [0.717, 1.165) is 85.2 Å². The lowest BCUT2D eigenvalue weighted by Gasteiger charge is -2.22. The number of unbranched alkanes of at least 4 members (excludes halogenated alkanes) is 4. The molecule has 1 heterocycles. The summed E-state index contributed by atoms with van der Waals surface area (Å²) in [4.78, 5) is 5.12. The number of fused-ring (bicyclic) bond motifs is 3. The summed E-state index contributed by atoms with van der Waals surface area (Å²) in [6.45, 7) is 15.6. The SMILES string of the molecule is CCCCN(CCCC)CCCC(O)c1cccc2c1oc1c(C(O)CCCN(CCCC)CCCC)cccc12. The zero-order chi connectivity index (χ0) is 29.5. The van der Waals surface area contributed by atoms with Crippen LogP contribution in [0, 0.1) is 0 Å². The van der Waals surface area contributed by atoms with Crippen LogP contribution in [0.1, 0.15) is 128 Å². The highest BCUT2D eigenvalue weighted by Gasteiger charge is 2.21. The molecule has 3 rings (SSSR count). The topological polar surface area (TPSA) is 60.1 Å². The van der Waals surface area contributed by atoms with Gasteiger partial charge < -0.3 is 24.4 Å². The van der Waals surface area contributed by atoms with Crippen molar-refractivity contribution in [2.24, 2.45) is 0 Å². The number of aliphatic hydroxyl groups excluding tert-OH is 2. The first-order chi connectivity index (χ1) is 20.0. The number of benzene rings is 2. The third kappa shape index (κ3) is 10.1. The highest BCUT2D eigenvalue weighted by Crippen LogP contribution is 2.38. The second kappa shape index (κ2) is 18.6. The second-order valence-corrected chi connectivity index (χ2v) is 12.0. The third-order valence-electron chi connectivity index (χ3n) is 8.52. The molecule has 5 nitrogen and oxygen atoms in total. The van der Waals surface area contributed by atoms with Gasteiger partial charge in [-0.15, -0.1) is 0 Å². The van der Waals surface area contributed by atoms with E-state index in [2.05, 4.69) is 49.6 Å². The maximum Gasteiger partial charge on any atom is 0.141 e. The summed E-state index contributed by atoms with van der Waals surface area (Å²) >= 11 is 0. The van der Waals surface area contributed by atoms with Gasteiger partial charge in [0.05, 0.1) is 12.2 Å². The zero-order valence-corrected chi connectivity index (χ0v) is 26.5. The molecule has 2 aromatic carbocycles. The lowest BCUT2D eigenvalue weighted by molar-refractivity contribution is 0.154. The number of rotatable bonds is 22. The minimum atomic E-state index is -0.566. The van der Waals surface area contributed by atoms with Gasteiger partial charge in [-0.05, 0) is 90.6 Å². The molecule has 0 amide bonds. The van der Waals surface area contributed by atoms with Gasteiger partial charge in [-0.1, -0.05) is 89.8 Å². The van der Waals surface area contributed by atoms with Crippen LogP contribution in [-0.4, -0.2) is 59.3 Å². The van der Waals surface area contributed by atoms with E-state index in [1.54, 1.807) is 0 Å². The Bertz CT molecular complexity index is 1020. The van der Waals surface area contributed by atoms with Crippen LogP contribution in [0.25, 0.3) is 21.9 Å². The van der Waals surface area contributed by atoms with Crippen molar-refractivity contribution in [1.29, 1.82) is 0 Å². The Hall–Kier alpha value is -1.92. The maximum atomic E-state index is 11.2. The first kappa shape index (κ1) is 33.6. The minimum Gasteiger partial charge on any atom is -0.455 e. The fourth-order valence-electron chi connectivity index (χ4n) is 5.91. The van der Waals surface area contributed by atoms with Crippen molar-refractivity contribution in [2.45, 2.75) is 117 Å². The number of furan rings is 1. The minimum absolute atomic E-state index is 0.566. The molecule has 2 unspecified atom stereocenters. The molecule has 0 aliphatic carbocycles. The van der Waals surface area contributed by atoms with Crippen LogP contribution < -0.4 is 0 Å². The molecule has 0 aliphatic rings. The van der Waals surface area contributed by atoms with E-state index in [4.69, 9.17) is 4.42 Å². The summed E-state index contributed by atoms with van der Waals surface area (Å²) in [5.41, 5.74) is 3.23. The Morgan fingerprint density at radius 3 is 1.22 bits per heavy atom. The zero-order valence-electron chi connectivity index (χ0n) is 26.5. The predicted octanol–water partition coefficient (Wildman–Crippen LogP) is 9.02. The first-order valence-corrected chi connectivity index (χ1v) is 16.8. The molecule has 2 atom stereocenters. The monoisotopic (exact) mass is 566 g/mol. The number of hydrogen-bond donors (Lipinski definition) is 2. The molecule has 0 radical (unpaired) electrons. The van der Waals surface area contributed by atoms with Gasteiger partial charge in [-0.2, -0.15) is 0 Å². The molecule has 0 aliphatic heterocycles. The average Bonchev–Trinajstić information content (AvgIpc) is 3.38. The van der Waals surface area contributed by atoms with Gasteiger partial charge in [0, 0.05) is 21.9 Å². The lowest BCUT2D eigenvalue weighted by atomic mass is 9.99. The van der Waals surface area contributed by atoms with Gasteiger partial charge in [0.2, 0.25) is 0 Å². The fourth-order valence-corrected chi connectivity index (χ4v) is 5.91. The quantitative estimate of drug-likeness (QED) is 0.127. The summed E-state index contributed by atoms with van der Waals surface area (Å²) < 4.78 is 6.48. The largest absolute Gasteiger partial charge is 0.455 e. The molecule has 0 saturated carbocycles. The van der Waals surface area contributed by atoms with Gasteiger partial charge in [-0.25, -0.2) is 0 Å². The van der Waals surface area contributed by atoms with Gasteiger partial charge in [0.25, 0.3) is 0 Å². The van der Waals surface area contributed by atoms with Crippen LogP contribution in [-0.2, 0) is 0 Å². The second-order valence-electron chi connectivity index (χ2n) is 12.0. The molecule has 0 spiro atoms. The number of hydrogen-bond acceptors (Lipinski definition) is 5. The molecule has 5 heteroatoms. The van der Waals surface area contributed by atoms with Crippen LogP contribution in [0.2, 0.25) is 0 Å². The van der Waals surface area contributed by atoms with Crippen molar-refractivity contribution in [3.63, 3.8) is 0 Å². The van der Waals surface area contributed by atoms with Crippen LogP contribution in [0.4, 0.5) is 0 Å². The molecular formula is C36H58N2O3. The van der Waals surface area contributed by atoms with Gasteiger partial charge in [0.15, 0.2) is 0 Å². The molecular weight excluding hydrogens is 508 g/mol. The summed E-state index contributed by atoms with van der Waals surface area (Å²) in [5.74, 6) is 0. The summed E-state index contributed by atoms with van der Waals surface area (Å²) in [7, 11) is 0. The van der Waals surface area contributed by atoms with E-state index in [-0.39, 0.29) is 0 Å². The van der Waals surface area contributed by atoms with Crippen molar-refractivity contribution in [3.8, 4) is 0 Å². The van der Waals surface area contributed by atoms with E-state index in [1.807, 2.05) is 24.3 Å². The van der Waals surface area contributed by atoms with E-state index in [0.29, 0.717) is 12.8 Å². The molecule has 230 valence electrons. The van der Waals surface area contributed by atoms with Crippen molar-refractivity contribution in [3.05, 3.63) is 47.5 Å². The summed E-state index contributed by atoms with van der Waals surface area (Å²) in [6, 6.07) is 12.2. The Balaban J connectivity index is 1.69. The van der Waals surface area contributed by atoms with E-state index in [9.17, 15) is 10.2 Å². The standard InChI is InChI=1S/C36H58N2O3/c1-5-9-23-37(24-10-6-2)27-15-21-33(39)31-19-13-17-29-30-18-14-20-32(36(30)41-35(29)31)34(40)22-16-28-38(25-11-7-3)26-12-8-4/h13-14,17-20,33-34,39-40H,5-12,15-16,21-28H2,1-4H3. The molecule has 1 aromatic heterocycles. The van der Waals surface area contributed by atoms with Crippen LogP contribution in [0.3, 0.4) is 0 Å². The molecule has 0 bridgehead atoms. The molecule has 0 saturated heterocycles. The van der Waals surface area contributed by atoms with Crippen molar-refractivity contribution < 1.29 is 14.6 Å². The van der Waals surface area contributed by atoms with Crippen LogP contribution in [0.5, 0.6) is 0 Å². The average molecular weight is 567 g/mol. The highest BCUT2D eigenvalue weighted by molar-refractivity contribution is 6.07. The van der Waals surface area contributed by atoms with E-state index < -0.39 is 12.2 Å². The fraction of sp³-hybridized carbons (Fsp3) is 0.667. The third-order valence-corrected chi connectivity index (χ3v) is 8.52. The predicted molar refractivity (Wildman–Crippen MR) is 175 cm³/mol. The summed E-state index contributed by atoms with van der Waals surface area (Å²) in [5, 5.41) is 24.5. The van der Waals surface area contributed by atoms with Crippen LogP contribution in [0.15, 0.2) is 40.8 Å². The summed E-state index contributed by atoms with van der Waals surface area (Å²) in [6.07, 6.45) is 12.0. The van der Waals surface area contributed by atoms with Crippen molar-refractivity contribution in [1.82, 2.24) is 9.80 Å². The number of aliphatic hydroxyl groups is 2. The smallest absolute Gasteiger partial charge is 0.141 e. The Labute approximate surface area is 249 Å². The highest BCUT2D eigenvalue weighted by atomic mass is 16.3. The Kier molecular flexibility index (Phi) is 15.2. The van der Waals surface area contributed by atoms with Gasteiger partial charge >= 0.3 is 0 Å². The molecule has 0 fully saturated rings. The molecule has 3 aromatic rings. The van der Waals surface area contributed by atoms with Gasteiger partial charge in [-0.3, -0.25) is 0 Å². The van der Waals surface area contributed by atoms with E-state index >= 15 is 0 Å². The van der Waals surface area contributed by atoms with E-state index in [1.165, 1.54) is 51.4 Å². The van der Waals surface area contributed by atoms with Crippen molar-refractivity contribution >= 4 is 21.9 Å². The molecule has 2 N–H and O–H groups in total. The lowest BCUT2D eigenvalue weighted by Crippen LogP contribution is -2.27. The van der Waals surface area contributed by atoms with Gasteiger partial charge in [0.1, 0.15) is 11.2 Å². The number of para-hydroxylation sites is 2. The van der Waals surface area contributed by atoms with Crippen LogP contribution >= 0.6 is 0 Å².